The fourth-order valence-electron chi connectivity index (χ4n) is 1.88. The molecule has 1 fully saturated rings. The summed E-state index contributed by atoms with van der Waals surface area (Å²) in [5.74, 6) is 1.28. The minimum absolute atomic E-state index is 0.242. The zero-order chi connectivity index (χ0) is 13.5. The number of thioether (sulfide) groups is 1. The first-order valence-electron chi connectivity index (χ1n) is 6.36. The first kappa shape index (κ1) is 15.1. The quantitative estimate of drug-likeness (QED) is 0.817. The van der Waals surface area contributed by atoms with Gasteiger partial charge in [-0.1, -0.05) is 13.8 Å². The van der Waals surface area contributed by atoms with Gasteiger partial charge in [0.05, 0.1) is 0 Å². The number of nitrogens with zero attached hydrogens (tertiary/aromatic N) is 1. The van der Waals surface area contributed by atoms with Crippen LogP contribution in [0, 0.1) is 5.92 Å². The molecule has 104 valence electrons. The van der Waals surface area contributed by atoms with Gasteiger partial charge in [0, 0.05) is 18.8 Å². The second kappa shape index (κ2) is 7.51. The van der Waals surface area contributed by atoms with Gasteiger partial charge in [0.15, 0.2) is 0 Å². The second-order valence-electron chi connectivity index (χ2n) is 4.92. The maximum atomic E-state index is 12.0. The molecule has 1 aliphatic heterocycles. The van der Waals surface area contributed by atoms with Gasteiger partial charge in [0.1, 0.15) is 6.04 Å². The van der Waals surface area contributed by atoms with Crippen molar-refractivity contribution in [3.8, 4) is 0 Å². The molecule has 6 heteroatoms. The fourth-order valence-corrected chi connectivity index (χ4v) is 2.77. The molecule has 0 aromatic carbocycles. The number of carboxylic acids is 1. The Hall–Kier alpha value is -0.910. The molecule has 5 nitrogen and oxygen atoms in total. The van der Waals surface area contributed by atoms with E-state index >= 15 is 0 Å². The summed E-state index contributed by atoms with van der Waals surface area (Å²) in [5.41, 5.74) is 0. The molecule has 1 heterocycles. The van der Waals surface area contributed by atoms with Crippen molar-refractivity contribution in [3.63, 3.8) is 0 Å². The number of rotatable bonds is 4. The van der Waals surface area contributed by atoms with Gasteiger partial charge in [-0.05, 0) is 24.5 Å². The number of urea groups is 1. The molecule has 1 rings (SSSR count). The Morgan fingerprint density at radius 3 is 2.67 bits per heavy atom. The Kier molecular flexibility index (Phi) is 6.32. The van der Waals surface area contributed by atoms with Crippen LogP contribution < -0.4 is 5.32 Å². The summed E-state index contributed by atoms with van der Waals surface area (Å²) in [5, 5.41) is 11.7. The lowest BCUT2D eigenvalue weighted by Crippen LogP contribution is -2.49. The molecule has 1 atom stereocenters. The van der Waals surface area contributed by atoms with E-state index in [1.807, 2.05) is 25.6 Å². The van der Waals surface area contributed by atoms with Crippen LogP contribution in [0.4, 0.5) is 4.79 Å². The summed E-state index contributed by atoms with van der Waals surface area (Å²) in [6.07, 6.45) is 1.43. The van der Waals surface area contributed by atoms with Crippen molar-refractivity contribution in [2.75, 3.05) is 24.6 Å². The summed E-state index contributed by atoms with van der Waals surface area (Å²) in [6, 6.07) is -1.03. The monoisotopic (exact) mass is 274 g/mol. The standard InChI is InChI=1S/C12H22N2O3S/c1-9(2)8-10(11(15)16)13-12(17)14-4-3-6-18-7-5-14/h9-10H,3-8H2,1-2H3,(H,13,17)(H,15,16). The van der Waals surface area contributed by atoms with E-state index in [4.69, 9.17) is 5.11 Å². The van der Waals surface area contributed by atoms with Crippen LogP contribution in [0.1, 0.15) is 26.7 Å². The van der Waals surface area contributed by atoms with Gasteiger partial charge in [0.2, 0.25) is 0 Å². The summed E-state index contributed by atoms with van der Waals surface area (Å²) in [4.78, 5) is 24.8. The minimum Gasteiger partial charge on any atom is -0.480 e. The average molecular weight is 274 g/mol. The van der Waals surface area contributed by atoms with E-state index in [0.717, 1.165) is 17.9 Å². The van der Waals surface area contributed by atoms with Crippen molar-refractivity contribution < 1.29 is 14.7 Å². The Balaban J connectivity index is 2.51. The van der Waals surface area contributed by atoms with Crippen LogP contribution in [0.25, 0.3) is 0 Å². The maximum absolute atomic E-state index is 12.0. The second-order valence-corrected chi connectivity index (χ2v) is 6.15. The van der Waals surface area contributed by atoms with Gasteiger partial charge in [-0.15, -0.1) is 0 Å². The summed E-state index contributed by atoms with van der Waals surface area (Å²) in [7, 11) is 0. The number of carbonyl (C=O) groups is 2. The van der Waals surface area contributed by atoms with Crippen molar-refractivity contribution in [2.45, 2.75) is 32.7 Å². The Morgan fingerprint density at radius 1 is 1.33 bits per heavy atom. The molecule has 0 aromatic heterocycles. The van der Waals surface area contributed by atoms with E-state index < -0.39 is 12.0 Å². The van der Waals surface area contributed by atoms with Gasteiger partial charge < -0.3 is 15.3 Å². The molecule has 0 aromatic rings. The molecule has 0 aliphatic carbocycles. The number of aliphatic carboxylic acids is 1. The van der Waals surface area contributed by atoms with Crippen LogP contribution in [-0.4, -0.2) is 52.6 Å². The summed E-state index contributed by atoms with van der Waals surface area (Å²) < 4.78 is 0. The first-order valence-corrected chi connectivity index (χ1v) is 7.52. The van der Waals surface area contributed by atoms with Crippen molar-refractivity contribution in [2.24, 2.45) is 5.92 Å². The van der Waals surface area contributed by atoms with Gasteiger partial charge in [0.25, 0.3) is 0 Å². The van der Waals surface area contributed by atoms with Crippen LogP contribution in [0.2, 0.25) is 0 Å². The average Bonchev–Trinajstić information content (AvgIpc) is 2.55. The minimum atomic E-state index is -0.957. The lowest BCUT2D eigenvalue weighted by Gasteiger charge is -2.24. The van der Waals surface area contributed by atoms with E-state index in [2.05, 4.69) is 5.32 Å². The molecule has 0 radical (unpaired) electrons. The molecule has 0 bridgehead atoms. The van der Waals surface area contributed by atoms with Crippen LogP contribution in [0.15, 0.2) is 0 Å². The summed E-state index contributed by atoms with van der Waals surface area (Å²) >= 11 is 1.83. The Labute approximate surface area is 112 Å². The lowest BCUT2D eigenvalue weighted by molar-refractivity contribution is -0.139. The van der Waals surface area contributed by atoms with Gasteiger partial charge in [-0.2, -0.15) is 11.8 Å². The molecule has 2 amide bonds. The normalized spacial score (nSPS) is 18.3. The highest BCUT2D eigenvalue weighted by Crippen LogP contribution is 2.11. The molecule has 1 unspecified atom stereocenters. The molecule has 1 saturated heterocycles. The molecular formula is C12H22N2O3S. The van der Waals surface area contributed by atoms with Crippen LogP contribution in [0.5, 0.6) is 0 Å². The van der Waals surface area contributed by atoms with Crippen LogP contribution in [0.3, 0.4) is 0 Å². The van der Waals surface area contributed by atoms with Crippen molar-refractivity contribution in [1.82, 2.24) is 10.2 Å². The highest BCUT2D eigenvalue weighted by Gasteiger charge is 2.24. The summed E-state index contributed by atoms with van der Waals surface area (Å²) in [6.45, 7) is 5.31. The zero-order valence-corrected chi connectivity index (χ0v) is 11.8. The number of carbonyl (C=O) groups excluding carboxylic acids is 1. The third-order valence-corrected chi connectivity index (χ3v) is 3.86. The smallest absolute Gasteiger partial charge is 0.326 e. The van der Waals surface area contributed by atoms with E-state index in [-0.39, 0.29) is 11.9 Å². The lowest BCUT2D eigenvalue weighted by atomic mass is 10.0. The highest BCUT2D eigenvalue weighted by molar-refractivity contribution is 7.99. The molecule has 0 spiro atoms. The van der Waals surface area contributed by atoms with Gasteiger partial charge in [-0.3, -0.25) is 0 Å². The SMILES string of the molecule is CC(C)CC(NC(=O)N1CCCSCC1)C(=O)O. The number of carboxylic acid groups (broad SMARTS) is 1. The molecule has 2 N–H and O–H groups in total. The number of nitrogens with one attached hydrogen (secondary N) is 1. The number of amides is 2. The molecule has 0 saturated carbocycles. The van der Waals surface area contributed by atoms with Crippen molar-refractivity contribution >= 4 is 23.8 Å². The van der Waals surface area contributed by atoms with Crippen LogP contribution >= 0.6 is 11.8 Å². The Bertz CT molecular complexity index is 289. The number of hydrogen-bond acceptors (Lipinski definition) is 3. The van der Waals surface area contributed by atoms with E-state index in [1.54, 1.807) is 4.90 Å². The zero-order valence-electron chi connectivity index (χ0n) is 11.0. The Morgan fingerprint density at radius 2 is 2.06 bits per heavy atom. The van der Waals surface area contributed by atoms with Gasteiger partial charge in [-0.25, -0.2) is 9.59 Å². The fraction of sp³-hybridized carbons (Fsp3) is 0.833. The molecule has 18 heavy (non-hydrogen) atoms. The number of hydrogen-bond donors (Lipinski definition) is 2. The van der Waals surface area contributed by atoms with Crippen LogP contribution in [-0.2, 0) is 4.79 Å². The van der Waals surface area contributed by atoms with E-state index in [1.165, 1.54) is 0 Å². The van der Waals surface area contributed by atoms with Crippen molar-refractivity contribution in [1.29, 1.82) is 0 Å². The van der Waals surface area contributed by atoms with E-state index in [0.29, 0.717) is 19.5 Å². The maximum Gasteiger partial charge on any atom is 0.326 e. The molecule has 1 aliphatic rings. The largest absolute Gasteiger partial charge is 0.480 e. The first-order chi connectivity index (χ1) is 8.50. The predicted molar refractivity (Wildman–Crippen MR) is 72.9 cm³/mol. The van der Waals surface area contributed by atoms with Gasteiger partial charge >= 0.3 is 12.0 Å². The third kappa shape index (κ3) is 5.16. The topological polar surface area (TPSA) is 69.6 Å². The van der Waals surface area contributed by atoms with E-state index in [9.17, 15) is 9.59 Å². The predicted octanol–water partition coefficient (Wildman–Crippen LogP) is 1.63. The highest BCUT2D eigenvalue weighted by atomic mass is 32.2. The molecular weight excluding hydrogens is 252 g/mol. The van der Waals surface area contributed by atoms with Crippen molar-refractivity contribution in [3.05, 3.63) is 0 Å². The third-order valence-electron chi connectivity index (χ3n) is 2.81.